The van der Waals surface area contributed by atoms with E-state index in [-0.39, 0.29) is 6.04 Å². The van der Waals surface area contributed by atoms with Gasteiger partial charge in [-0.1, -0.05) is 0 Å². The molecule has 0 aromatic carbocycles. The number of furan rings is 1. The van der Waals surface area contributed by atoms with Crippen LogP contribution in [0.4, 0.5) is 0 Å². The molecular formula is C13H24N4O. The van der Waals surface area contributed by atoms with Crippen molar-refractivity contribution in [3.8, 4) is 0 Å². The van der Waals surface area contributed by atoms with Gasteiger partial charge in [0.05, 0.1) is 18.8 Å². The Bertz CT molecular complexity index is 355. The van der Waals surface area contributed by atoms with Crippen molar-refractivity contribution in [1.29, 1.82) is 0 Å². The number of guanidine groups is 1. The molecule has 18 heavy (non-hydrogen) atoms. The van der Waals surface area contributed by atoms with Crippen molar-refractivity contribution in [2.24, 2.45) is 10.7 Å². The van der Waals surface area contributed by atoms with E-state index in [1.54, 1.807) is 6.26 Å². The summed E-state index contributed by atoms with van der Waals surface area (Å²) in [6.45, 7) is 6.49. The number of aliphatic imine (C=N–C) groups is 1. The first-order chi connectivity index (χ1) is 8.60. The molecule has 0 radical (unpaired) electrons. The third kappa shape index (κ3) is 3.77. The molecule has 0 spiro atoms. The smallest absolute Gasteiger partial charge is 0.191 e. The molecule has 5 heteroatoms. The standard InChI is InChI=1S/C13H24N4O/c1-5-17(6-2)13(14)15-10-11(16(3)4)12-8-7-9-18-12/h7-9,11H,5-6,10H2,1-4H3,(H2,14,15). The van der Waals surface area contributed by atoms with Crippen molar-refractivity contribution in [2.45, 2.75) is 19.9 Å². The largest absolute Gasteiger partial charge is 0.468 e. The van der Waals surface area contributed by atoms with Gasteiger partial charge in [0.15, 0.2) is 5.96 Å². The number of nitrogens with zero attached hydrogens (tertiary/aromatic N) is 3. The van der Waals surface area contributed by atoms with Crippen LogP contribution in [0.15, 0.2) is 27.8 Å². The number of hydrogen-bond acceptors (Lipinski definition) is 3. The monoisotopic (exact) mass is 252 g/mol. The Hall–Kier alpha value is -1.49. The van der Waals surface area contributed by atoms with Gasteiger partial charge in [-0.15, -0.1) is 0 Å². The Balaban J connectivity index is 2.71. The normalized spacial score (nSPS) is 13.9. The first-order valence-electron chi connectivity index (χ1n) is 6.34. The Morgan fingerprint density at radius 2 is 2.06 bits per heavy atom. The minimum Gasteiger partial charge on any atom is -0.468 e. The van der Waals surface area contributed by atoms with Gasteiger partial charge in [-0.3, -0.25) is 9.89 Å². The summed E-state index contributed by atoms with van der Waals surface area (Å²) in [5, 5.41) is 0. The third-order valence-corrected chi connectivity index (χ3v) is 3.01. The SMILES string of the molecule is CCN(CC)C(N)=NCC(c1ccco1)N(C)C. The Morgan fingerprint density at radius 3 is 2.50 bits per heavy atom. The average molecular weight is 252 g/mol. The number of nitrogens with two attached hydrogens (primary N) is 1. The topological polar surface area (TPSA) is 58.0 Å². The summed E-state index contributed by atoms with van der Waals surface area (Å²) in [6.07, 6.45) is 1.68. The summed E-state index contributed by atoms with van der Waals surface area (Å²) in [5.74, 6) is 1.51. The highest BCUT2D eigenvalue weighted by atomic mass is 16.3. The van der Waals surface area contributed by atoms with Crippen LogP contribution in [0.25, 0.3) is 0 Å². The van der Waals surface area contributed by atoms with Gasteiger partial charge in [-0.2, -0.15) is 0 Å². The summed E-state index contributed by atoms with van der Waals surface area (Å²) in [6, 6.07) is 3.98. The summed E-state index contributed by atoms with van der Waals surface area (Å²) < 4.78 is 5.44. The molecule has 1 heterocycles. The molecule has 0 amide bonds. The Labute approximate surface area is 109 Å². The first kappa shape index (κ1) is 14.6. The Kier molecular flexibility index (Phi) is 5.71. The van der Waals surface area contributed by atoms with Crippen molar-refractivity contribution in [1.82, 2.24) is 9.80 Å². The molecule has 102 valence electrons. The predicted octanol–water partition coefficient (Wildman–Crippen LogP) is 1.54. The maximum Gasteiger partial charge on any atom is 0.191 e. The van der Waals surface area contributed by atoms with Crippen LogP contribution in [0.1, 0.15) is 25.6 Å². The zero-order valence-corrected chi connectivity index (χ0v) is 11.8. The highest BCUT2D eigenvalue weighted by Gasteiger charge is 2.16. The van der Waals surface area contributed by atoms with Crippen LogP contribution in [0, 0.1) is 0 Å². The van der Waals surface area contributed by atoms with E-state index in [0.29, 0.717) is 12.5 Å². The molecule has 0 saturated carbocycles. The van der Waals surface area contributed by atoms with Crippen molar-refractivity contribution in [3.05, 3.63) is 24.2 Å². The zero-order chi connectivity index (χ0) is 13.5. The maximum absolute atomic E-state index is 5.97. The quantitative estimate of drug-likeness (QED) is 0.616. The van der Waals surface area contributed by atoms with E-state index in [1.807, 2.05) is 31.1 Å². The minimum absolute atomic E-state index is 0.120. The molecule has 1 aromatic heterocycles. The molecular weight excluding hydrogens is 228 g/mol. The lowest BCUT2D eigenvalue weighted by molar-refractivity contribution is 0.264. The molecule has 1 atom stereocenters. The summed E-state index contributed by atoms with van der Waals surface area (Å²) in [7, 11) is 4.02. The lowest BCUT2D eigenvalue weighted by Crippen LogP contribution is -2.37. The first-order valence-corrected chi connectivity index (χ1v) is 6.34. The second-order valence-electron chi connectivity index (χ2n) is 4.37. The lowest BCUT2D eigenvalue weighted by atomic mass is 10.2. The van der Waals surface area contributed by atoms with E-state index in [9.17, 15) is 0 Å². The van der Waals surface area contributed by atoms with Gasteiger partial charge < -0.3 is 15.1 Å². The molecule has 0 saturated heterocycles. The van der Waals surface area contributed by atoms with E-state index in [4.69, 9.17) is 10.2 Å². The van der Waals surface area contributed by atoms with Crippen LogP contribution < -0.4 is 5.73 Å². The van der Waals surface area contributed by atoms with Crippen LogP contribution >= 0.6 is 0 Å². The van der Waals surface area contributed by atoms with Crippen molar-refractivity contribution in [2.75, 3.05) is 33.7 Å². The summed E-state index contributed by atoms with van der Waals surface area (Å²) in [4.78, 5) is 8.58. The van der Waals surface area contributed by atoms with Gasteiger partial charge in [0.2, 0.25) is 0 Å². The molecule has 0 fully saturated rings. The van der Waals surface area contributed by atoms with Gasteiger partial charge in [-0.25, -0.2) is 0 Å². The highest BCUT2D eigenvalue weighted by molar-refractivity contribution is 5.78. The molecule has 1 rings (SSSR count). The molecule has 5 nitrogen and oxygen atoms in total. The van der Waals surface area contributed by atoms with Gasteiger partial charge in [0.25, 0.3) is 0 Å². The van der Waals surface area contributed by atoms with E-state index >= 15 is 0 Å². The van der Waals surface area contributed by atoms with Gasteiger partial charge in [0, 0.05) is 13.1 Å². The van der Waals surface area contributed by atoms with Crippen LogP contribution in [0.5, 0.6) is 0 Å². The minimum atomic E-state index is 0.120. The molecule has 0 aliphatic rings. The Morgan fingerprint density at radius 1 is 1.39 bits per heavy atom. The molecule has 0 bridgehead atoms. The van der Waals surface area contributed by atoms with Crippen molar-refractivity contribution < 1.29 is 4.42 Å². The van der Waals surface area contributed by atoms with Crippen LogP contribution in [0.2, 0.25) is 0 Å². The second kappa shape index (κ2) is 7.06. The highest BCUT2D eigenvalue weighted by Crippen LogP contribution is 2.18. The zero-order valence-electron chi connectivity index (χ0n) is 11.8. The number of hydrogen-bond donors (Lipinski definition) is 1. The fourth-order valence-electron chi connectivity index (χ4n) is 1.82. The fraction of sp³-hybridized carbons (Fsp3) is 0.615. The van der Waals surface area contributed by atoms with E-state index in [0.717, 1.165) is 18.8 Å². The van der Waals surface area contributed by atoms with E-state index in [1.165, 1.54) is 0 Å². The summed E-state index contributed by atoms with van der Waals surface area (Å²) >= 11 is 0. The van der Waals surface area contributed by atoms with Crippen molar-refractivity contribution >= 4 is 5.96 Å². The lowest BCUT2D eigenvalue weighted by Gasteiger charge is -2.23. The third-order valence-electron chi connectivity index (χ3n) is 3.01. The van der Waals surface area contributed by atoms with Crippen LogP contribution in [-0.2, 0) is 0 Å². The van der Waals surface area contributed by atoms with Crippen LogP contribution in [0.3, 0.4) is 0 Å². The second-order valence-corrected chi connectivity index (χ2v) is 4.37. The van der Waals surface area contributed by atoms with Crippen molar-refractivity contribution in [3.63, 3.8) is 0 Å². The van der Waals surface area contributed by atoms with Crippen LogP contribution in [-0.4, -0.2) is 49.5 Å². The summed E-state index contributed by atoms with van der Waals surface area (Å²) in [5.41, 5.74) is 5.97. The van der Waals surface area contributed by atoms with Gasteiger partial charge in [-0.05, 0) is 40.1 Å². The molecule has 0 aliphatic heterocycles. The molecule has 2 N–H and O–H groups in total. The maximum atomic E-state index is 5.97. The fourth-order valence-corrected chi connectivity index (χ4v) is 1.82. The molecule has 1 unspecified atom stereocenters. The predicted molar refractivity (Wildman–Crippen MR) is 74.5 cm³/mol. The van der Waals surface area contributed by atoms with E-state index < -0.39 is 0 Å². The molecule has 0 aliphatic carbocycles. The molecule has 1 aromatic rings. The van der Waals surface area contributed by atoms with Gasteiger partial charge >= 0.3 is 0 Å². The number of likely N-dealkylation sites (N-methyl/N-ethyl adjacent to an activating group) is 1. The number of rotatable bonds is 6. The van der Waals surface area contributed by atoms with Gasteiger partial charge in [0.1, 0.15) is 5.76 Å². The average Bonchev–Trinajstić information content (AvgIpc) is 2.84. The van der Waals surface area contributed by atoms with E-state index in [2.05, 4.69) is 23.7 Å².